The molecule has 3 N–H and O–H groups in total. The number of nitrogens with zero attached hydrogens (tertiary/aromatic N) is 3. The number of β-lactam (4-membered cyclic amide) rings is 1. The molecule has 2 unspecified atom stereocenters. The van der Waals surface area contributed by atoms with Gasteiger partial charge in [-0.1, -0.05) is 5.16 Å². The van der Waals surface area contributed by atoms with E-state index in [1.165, 1.54) is 42.2 Å². The van der Waals surface area contributed by atoms with Crippen LogP contribution in [0.25, 0.3) is 0 Å². The summed E-state index contributed by atoms with van der Waals surface area (Å²) in [7, 11) is 1.27. The Bertz CT molecular complexity index is 1040. The van der Waals surface area contributed by atoms with Gasteiger partial charge < -0.3 is 30.1 Å². The number of rotatable bonds is 8. The van der Waals surface area contributed by atoms with E-state index >= 15 is 0 Å². The smallest absolute Gasteiger partial charge is 0.431 e. The summed E-state index contributed by atoms with van der Waals surface area (Å²) in [5.41, 5.74) is 5.67. The number of esters is 1. The van der Waals surface area contributed by atoms with E-state index in [1.54, 1.807) is 13.8 Å². The van der Waals surface area contributed by atoms with Gasteiger partial charge in [-0.15, -0.1) is 23.1 Å². The molecule has 15 heteroatoms. The number of amides is 2. The van der Waals surface area contributed by atoms with Crippen molar-refractivity contribution in [1.29, 1.82) is 0 Å². The molecule has 0 saturated carbocycles. The van der Waals surface area contributed by atoms with Crippen LogP contribution in [-0.4, -0.2) is 76.2 Å². The van der Waals surface area contributed by atoms with Gasteiger partial charge in [0.25, 0.3) is 11.8 Å². The number of hydrogen-bond acceptors (Lipinski definition) is 13. The predicted octanol–water partition coefficient (Wildman–Crippen LogP) is 0.810. The first-order chi connectivity index (χ1) is 16.1. The maximum atomic E-state index is 12.8. The lowest BCUT2D eigenvalue weighted by Crippen LogP contribution is -2.70. The minimum absolute atomic E-state index is 0.00928. The number of hydrogen-bond donors (Lipinski definition) is 2. The highest BCUT2D eigenvalue weighted by Crippen LogP contribution is 2.38. The minimum atomic E-state index is -1.24. The van der Waals surface area contributed by atoms with Gasteiger partial charge in [0, 0.05) is 18.1 Å². The highest BCUT2D eigenvalue weighted by atomic mass is 32.2. The quantitative estimate of drug-likeness (QED) is 0.166. The Kier molecular flexibility index (Phi) is 7.98. The lowest BCUT2D eigenvalue weighted by atomic mass is 10.0. The Balaban J connectivity index is 1.62. The second-order valence-corrected chi connectivity index (χ2v) is 9.21. The Hall–Kier alpha value is -3.33. The number of nitrogens with two attached hydrogens (primary N) is 1. The summed E-state index contributed by atoms with van der Waals surface area (Å²) in [6.45, 7) is 4.63. The van der Waals surface area contributed by atoms with Gasteiger partial charge in [-0.3, -0.25) is 14.5 Å². The highest BCUT2D eigenvalue weighted by Gasteiger charge is 2.53. The molecule has 0 bridgehead atoms. The molecule has 0 aliphatic carbocycles. The maximum absolute atomic E-state index is 12.8. The summed E-state index contributed by atoms with van der Waals surface area (Å²) >= 11 is 2.47. The normalized spacial score (nSPS) is 20.5. The summed E-state index contributed by atoms with van der Waals surface area (Å²) in [4.78, 5) is 59.7. The van der Waals surface area contributed by atoms with Crippen molar-refractivity contribution in [3.63, 3.8) is 0 Å². The number of thioether (sulfide) groups is 1. The zero-order chi connectivity index (χ0) is 25.0. The predicted molar refractivity (Wildman–Crippen MR) is 121 cm³/mol. The first kappa shape index (κ1) is 25.3. The number of nitrogens with one attached hydrogen (secondary N) is 1. The van der Waals surface area contributed by atoms with E-state index in [0.29, 0.717) is 5.75 Å². The first-order valence-corrected chi connectivity index (χ1v) is 11.9. The molecule has 13 nitrogen and oxygen atoms in total. The number of ether oxygens (including phenoxy) is 3. The third-order valence-electron chi connectivity index (χ3n) is 4.37. The fraction of sp³-hybridized carbons (Fsp3) is 0.474. The Morgan fingerprint density at radius 3 is 2.62 bits per heavy atom. The molecule has 0 aromatic carbocycles. The van der Waals surface area contributed by atoms with E-state index in [1.807, 2.05) is 0 Å². The molecule has 2 amide bonds. The molecule has 3 atom stereocenters. The summed E-state index contributed by atoms with van der Waals surface area (Å²) in [5, 5.41) is 7.52. The van der Waals surface area contributed by atoms with E-state index in [0.717, 1.165) is 11.3 Å². The van der Waals surface area contributed by atoms with Crippen molar-refractivity contribution >= 4 is 57.9 Å². The van der Waals surface area contributed by atoms with Crippen molar-refractivity contribution in [1.82, 2.24) is 15.2 Å². The molecule has 2 aliphatic rings. The zero-order valence-electron chi connectivity index (χ0n) is 18.7. The molecule has 0 radical (unpaired) electrons. The number of nitrogen functional groups attached to an aromatic ring is 1. The van der Waals surface area contributed by atoms with E-state index in [2.05, 4.69) is 15.5 Å². The average Bonchev–Trinajstić information content (AvgIpc) is 3.19. The molecule has 1 aromatic rings. The monoisotopic (exact) mass is 513 g/mol. The summed E-state index contributed by atoms with van der Waals surface area (Å²) in [6.07, 6.45) is -1.10. The molecule has 34 heavy (non-hydrogen) atoms. The van der Waals surface area contributed by atoms with Crippen LogP contribution in [-0.2, 0) is 33.4 Å². The van der Waals surface area contributed by atoms with Gasteiger partial charge in [-0.25, -0.2) is 14.6 Å². The van der Waals surface area contributed by atoms with Gasteiger partial charge in [-0.05, 0) is 19.9 Å². The van der Waals surface area contributed by atoms with Gasteiger partial charge in [0.05, 0.1) is 6.10 Å². The van der Waals surface area contributed by atoms with E-state index < -0.39 is 47.7 Å². The molecule has 3 rings (SSSR count). The SMILES string of the molecule is CON=C(C(=O)NC1C(=O)N2C(C(=O)OC(C)OC(=O)OC(C)C)=CCS[C@@H]12)c1csc(N)n1. The second kappa shape index (κ2) is 10.7. The fourth-order valence-electron chi connectivity index (χ4n) is 3.02. The molecule has 184 valence electrons. The number of carbonyl (C=O) groups is 4. The van der Waals surface area contributed by atoms with Crippen molar-refractivity contribution in [3.05, 3.63) is 22.8 Å². The van der Waals surface area contributed by atoms with E-state index in [4.69, 9.17) is 24.8 Å². The van der Waals surface area contributed by atoms with E-state index in [9.17, 15) is 19.2 Å². The zero-order valence-corrected chi connectivity index (χ0v) is 20.3. The molecule has 1 aromatic heterocycles. The van der Waals surface area contributed by atoms with Crippen LogP contribution >= 0.6 is 23.1 Å². The summed E-state index contributed by atoms with van der Waals surface area (Å²) < 4.78 is 14.8. The van der Waals surface area contributed by atoms with Gasteiger partial charge in [-0.2, -0.15) is 0 Å². The van der Waals surface area contributed by atoms with Crippen LogP contribution in [0.2, 0.25) is 0 Å². The van der Waals surface area contributed by atoms with Crippen molar-refractivity contribution < 1.29 is 38.2 Å². The Labute approximate surface area is 202 Å². The van der Waals surface area contributed by atoms with Crippen LogP contribution < -0.4 is 11.1 Å². The Morgan fingerprint density at radius 1 is 1.26 bits per heavy atom. The number of carbonyl (C=O) groups excluding carboxylic acids is 4. The topological polar surface area (TPSA) is 172 Å². The van der Waals surface area contributed by atoms with Crippen molar-refractivity contribution in [2.45, 2.75) is 44.6 Å². The molecule has 1 fully saturated rings. The molecule has 3 heterocycles. The number of anilines is 1. The van der Waals surface area contributed by atoms with Crippen LogP contribution in [0.1, 0.15) is 26.5 Å². The standard InChI is InChI=1S/C19H23N5O8S2/c1-8(2)30-19(28)32-9(3)31-17(27)11-5-6-33-16-13(15(26)24(11)16)22-14(25)12(23-29-4)10-7-34-18(20)21-10/h5,7-9,13,16H,6H2,1-4H3,(H2,20,21)(H,22,25)/t9?,13?,16-/m0/s1. The molecule has 1 saturated heterocycles. The van der Waals surface area contributed by atoms with Crippen LogP contribution in [0, 0.1) is 0 Å². The Morgan fingerprint density at radius 2 is 2.00 bits per heavy atom. The van der Waals surface area contributed by atoms with Gasteiger partial charge in [0.15, 0.2) is 10.8 Å². The van der Waals surface area contributed by atoms with Crippen molar-refractivity contribution in [2.24, 2.45) is 5.16 Å². The van der Waals surface area contributed by atoms with Crippen LogP contribution in [0.4, 0.5) is 9.93 Å². The van der Waals surface area contributed by atoms with Crippen molar-refractivity contribution in [3.8, 4) is 0 Å². The third-order valence-corrected chi connectivity index (χ3v) is 6.23. The minimum Gasteiger partial charge on any atom is -0.431 e. The number of oxime groups is 1. The van der Waals surface area contributed by atoms with Crippen molar-refractivity contribution in [2.75, 3.05) is 18.6 Å². The van der Waals surface area contributed by atoms with Gasteiger partial charge >= 0.3 is 12.1 Å². The fourth-order valence-corrected chi connectivity index (χ4v) is 4.76. The number of thiazole rings is 1. The van der Waals surface area contributed by atoms with Gasteiger partial charge in [0.2, 0.25) is 6.29 Å². The molecular weight excluding hydrogens is 490 g/mol. The lowest BCUT2D eigenvalue weighted by Gasteiger charge is -2.48. The summed E-state index contributed by atoms with van der Waals surface area (Å²) in [6, 6.07) is -0.915. The number of fused-ring (bicyclic) bond motifs is 1. The second-order valence-electron chi connectivity index (χ2n) is 7.17. The largest absolute Gasteiger partial charge is 0.511 e. The number of aromatic nitrogens is 1. The first-order valence-electron chi connectivity index (χ1n) is 9.98. The average molecular weight is 514 g/mol. The lowest BCUT2D eigenvalue weighted by molar-refractivity contribution is -0.169. The van der Waals surface area contributed by atoms with Crippen LogP contribution in [0.3, 0.4) is 0 Å². The summed E-state index contributed by atoms with van der Waals surface area (Å²) in [5.74, 6) is -1.67. The third kappa shape index (κ3) is 5.59. The molecule has 2 aliphatic heterocycles. The molecule has 0 spiro atoms. The maximum Gasteiger partial charge on any atom is 0.511 e. The van der Waals surface area contributed by atoms with E-state index in [-0.39, 0.29) is 22.2 Å². The molecular formula is C19H23N5O8S2. The van der Waals surface area contributed by atoms with Gasteiger partial charge in [0.1, 0.15) is 29.9 Å². The van der Waals surface area contributed by atoms with Crippen LogP contribution in [0.15, 0.2) is 22.3 Å². The van der Waals surface area contributed by atoms with Crippen LogP contribution in [0.5, 0.6) is 0 Å². The highest BCUT2D eigenvalue weighted by molar-refractivity contribution is 8.00.